The minimum atomic E-state index is -0.113. The molecule has 94 valence electrons. The van der Waals surface area contributed by atoms with Gasteiger partial charge >= 0.3 is 0 Å². The summed E-state index contributed by atoms with van der Waals surface area (Å²) in [5, 5.41) is 7.03. The number of hydrogen-bond acceptors (Lipinski definition) is 3. The SMILES string of the molecule is Cc1cc(N)ccc1C(=O)NCc1ccn(C)n1. The summed E-state index contributed by atoms with van der Waals surface area (Å²) in [5.74, 6) is -0.113. The van der Waals surface area contributed by atoms with Crippen molar-refractivity contribution in [2.24, 2.45) is 7.05 Å². The van der Waals surface area contributed by atoms with Crippen molar-refractivity contribution < 1.29 is 4.79 Å². The molecule has 0 atom stereocenters. The first-order valence-electron chi connectivity index (χ1n) is 5.69. The minimum Gasteiger partial charge on any atom is -0.399 e. The molecule has 0 aliphatic heterocycles. The van der Waals surface area contributed by atoms with Crippen LogP contribution in [-0.2, 0) is 13.6 Å². The summed E-state index contributed by atoms with van der Waals surface area (Å²) in [6.07, 6.45) is 1.84. The molecule has 5 heteroatoms. The number of nitrogens with one attached hydrogen (secondary N) is 1. The van der Waals surface area contributed by atoms with Crippen LogP contribution >= 0.6 is 0 Å². The second-order valence-electron chi connectivity index (χ2n) is 4.24. The standard InChI is InChI=1S/C13H16N4O/c1-9-7-10(14)3-4-12(9)13(18)15-8-11-5-6-17(2)16-11/h3-7H,8,14H2,1-2H3,(H,15,18). The van der Waals surface area contributed by atoms with E-state index in [1.807, 2.05) is 26.2 Å². The number of nitrogens with two attached hydrogens (primary N) is 1. The van der Waals surface area contributed by atoms with Crippen molar-refractivity contribution in [1.29, 1.82) is 0 Å². The third kappa shape index (κ3) is 2.68. The van der Waals surface area contributed by atoms with E-state index in [1.54, 1.807) is 22.9 Å². The predicted molar refractivity (Wildman–Crippen MR) is 70.0 cm³/mol. The zero-order chi connectivity index (χ0) is 13.1. The van der Waals surface area contributed by atoms with Crippen LogP contribution in [0.5, 0.6) is 0 Å². The zero-order valence-corrected chi connectivity index (χ0v) is 10.5. The van der Waals surface area contributed by atoms with Crippen LogP contribution in [0.4, 0.5) is 5.69 Å². The van der Waals surface area contributed by atoms with Gasteiger partial charge in [0.25, 0.3) is 5.91 Å². The molecule has 3 N–H and O–H groups in total. The number of nitrogens with zero attached hydrogens (tertiary/aromatic N) is 2. The summed E-state index contributed by atoms with van der Waals surface area (Å²) in [7, 11) is 1.84. The second-order valence-corrected chi connectivity index (χ2v) is 4.24. The van der Waals surface area contributed by atoms with E-state index >= 15 is 0 Å². The lowest BCUT2D eigenvalue weighted by Crippen LogP contribution is -2.24. The maximum absolute atomic E-state index is 12.0. The number of carbonyl (C=O) groups is 1. The van der Waals surface area contributed by atoms with Gasteiger partial charge in [-0.1, -0.05) is 0 Å². The summed E-state index contributed by atoms with van der Waals surface area (Å²) in [5.41, 5.74) is 8.65. The third-order valence-corrected chi connectivity index (χ3v) is 2.69. The normalized spacial score (nSPS) is 10.3. The molecular formula is C13H16N4O. The topological polar surface area (TPSA) is 72.9 Å². The van der Waals surface area contributed by atoms with E-state index in [9.17, 15) is 4.79 Å². The fourth-order valence-corrected chi connectivity index (χ4v) is 1.77. The molecule has 5 nitrogen and oxygen atoms in total. The Morgan fingerprint density at radius 2 is 2.22 bits per heavy atom. The van der Waals surface area contributed by atoms with Gasteiger partial charge in [-0.15, -0.1) is 0 Å². The number of aromatic nitrogens is 2. The van der Waals surface area contributed by atoms with E-state index in [1.165, 1.54) is 0 Å². The fourth-order valence-electron chi connectivity index (χ4n) is 1.77. The Labute approximate surface area is 106 Å². The van der Waals surface area contributed by atoms with Crippen molar-refractivity contribution in [3.63, 3.8) is 0 Å². The Bertz CT molecular complexity index is 574. The van der Waals surface area contributed by atoms with Gasteiger partial charge in [0, 0.05) is 24.5 Å². The first kappa shape index (κ1) is 12.2. The monoisotopic (exact) mass is 244 g/mol. The van der Waals surface area contributed by atoms with Crippen LogP contribution in [0, 0.1) is 6.92 Å². The first-order chi connectivity index (χ1) is 8.56. The number of carbonyl (C=O) groups excluding carboxylic acids is 1. The Kier molecular flexibility index (Phi) is 3.32. The van der Waals surface area contributed by atoms with Gasteiger partial charge in [-0.25, -0.2) is 0 Å². The molecule has 0 unspecified atom stereocenters. The molecule has 0 spiro atoms. The molecule has 1 aromatic heterocycles. The molecule has 0 aliphatic carbocycles. The average molecular weight is 244 g/mol. The van der Waals surface area contributed by atoms with Crippen molar-refractivity contribution in [3.05, 3.63) is 47.3 Å². The molecule has 0 aliphatic rings. The van der Waals surface area contributed by atoms with Gasteiger partial charge in [0.2, 0.25) is 0 Å². The van der Waals surface area contributed by atoms with Crippen molar-refractivity contribution in [2.75, 3.05) is 5.73 Å². The number of amides is 1. The molecule has 0 saturated carbocycles. The highest BCUT2D eigenvalue weighted by atomic mass is 16.1. The molecule has 2 aromatic rings. The summed E-state index contributed by atoms with van der Waals surface area (Å²) in [6.45, 7) is 2.29. The third-order valence-electron chi connectivity index (χ3n) is 2.69. The van der Waals surface area contributed by atoms with Crippen molar-refractivity contribution in [3.8, 4) is 0 Å². The van der Waals surface area contributed by atoms with Gasteiger partial charge < -0.3 is 11.1 Å². The zero-order valence-electron chi connectivity index (χ0n) is 10.5. The van der Waals surface area contributed by atoms with Crippen molar-refractivity contribution in [1.82, 2.24) is 15.1 Å². The largest absolute Gasteiger partial charge is 0.399 e. The number of hydrogen-bond donors (Lipinski definition) is 2. The molecule has 0 fully saturated rings. The van der Waals surface area contributed by atoms with E-state index < -0.39 is 0 Å². The van der Waals surface area contributed by atoms with E-state index in [4.69, 9.17) is 5.73 Å². The molecular weight excluding hydrogens is 228 g/mol. The summed E-state index contributed by atoms with van der Waals surface area (Å²) < 4.78 is 1.70. The Hall–Kier alpha value is -2.30. The lowest BCUT2D eigenvalue weighted by Gasteiger charge is -2.07. The predicted octanol–water partition coefficient (Wildman–Crippen LogP) is 1.24. The van der Waals surface area contributed by atoms with E-state index in [-0.39, 0.29) is 5.91 Å². The smallest absolute Gasteiger partial charge is 0.251 e. The number of aryl methyl sites for hydroxylation is 2. The molecule has 18 heavy (non-hydrogen) atoms. The first-order valence-corrected chi connectivity index (χ1v) is 5.69. The van der Waals surface area contributed by atoms with E-state index in [0.717, 1.165) is 11.3 Å². The molecule has 2 rings (SSSR count). The van der Waals surface area contributed by atoms with Crippen LogP contribution in [0.15, 0.2) is 30.5 Å². The maximum Gasteiger partial charge on any atom is 0.251 e. The van der Waals surface area contributed by atoms with Gasteiger partial charge in [0.15, 0.2) is 0 Å². The van der Waals surface area contributed by atoms with Gasteiger partial charge in [-0.3, -0.25) is 9.48 Å². The lowest BCUT2D eigenvalue weighted by atomic mass is 10.1. The second kappa shape index (κ2) is 4.91. The average Bonchev–Trinajstić information content (AvgIpc) is 2.72. The molecule has 0 radical (unpaired) electrons. The quantitative estimate of drug-likeness (QED) is 0.798. The van der Waals surface area contributed by atoms with E-state index in [2.05, 4.69) is 10.4 Å². The highest BCUT2D eigenvalue weighted by molar-refractivity contribution is 5.95. The summed E-state index contributed by atoms with van der Waals surface area (Å²) >= 11 is 0. The Morgan fingerprint density at radius 1 is 1.44 bits per heavy atom. The molecule has 1 heterocycles. The summed E-state index contributed by atoms with van der Waals surface area (Å²) in [6, 6.07) is 7.12. The Balaban J connectivity index is 2.03. The van der Waals surface area contributed by atoms with Crippen LogP contribution in [0.25, 0.3) is 0 Å². The number of benzene rings is 1. The fraction of sp³-hybridized carbons (Fsp3) is 0.231. The lowest BCUT2D eigenvalue weighted by molar-refractivity contribution is 0.0950. The maximum atomic E-state index is 12.0. The highest BCUT2D eigenvalue weighted by Gasteiger charge is 2.09. The molecule has 0 bridgehead atoms. The van der Waals surface area contributed by atoms with Crippen molar-refractivity contribution >= 4 is 11.6 Å². The molecule has 1 amide bonds. The van der Waals surface area contributed by atoms with Gasteiger partial charge in [0.1, 0.15) is 0 Å². The molecule has 1 aromatic carbocycles. The minimum absolute atomic E-state index is 0.113. The Morgan fingerprint density at radius 3 is 2.83 bits per heavy atom. The number of anilines is 1. The molecule has 0 saturated heterocycles. The van der Waals surface area contributed by atoms with Crippen LogP contribution in [-0.4, -0.2) is 15.7 Å². The highest BCUT2D eigenvalue weighted by Crippen LogP contribution is 2.12. The van der Waals surface area contributed by atoms with Gasteiger partial charge in [-0.05, 0) is 36.8 Å². The van der Waals surface area contributed by atoms with Gasteiger partial charge in [-0.2, -0.15) is 5.10 Å². The van der Waals surface area contributed by atoms with Crippen LogP contribution in [0.1, 0.15) is 21.6 Å². The van der Waals surface area contributed by atoms with Crippen molar-refractivity contribution in [2.45, 2.75) is 13.5 Å². The van der Waals surface area contributed by atoms with Crippen LogP contribution in [0.2, 0.25) is 0 Å². The van der Waals surface area contributed by atoms with Gasteiger partial charge in [0.05, 0.1) is 12.2 Å². The van der Waals surface area contributed by atoms with Crippen LogP contribution in [0.3, 0.4) is 0 Å². The van der Waals surface area contributed by atoms with E-state index in [0.29, 0.717) is 17.8 Å². The summed E-state index contributed by atoms with van der Waals surface area (Å²) in [4.78, 5) is 12.0. The number of nitrogen functional groups attached to an aromatic ring is 1. The number of rotatable bonds is 3. The van der Waals surface area contributed by atoms with Crippen LogP contribution < -0.4 is 11.1 Å².